The molecule has 33 heavy (non-hydrogen) atoms. The summed E-state index contributed by atoms with van der Waals surface area (Å²) in [6.07, 6.45) is 1.50. The highest BCUT2D eigenvalue weighted by atomic mass is 19.1. The number of fused-ring (bicyclic) bond motifs is 1. The van der Waals surface area contributed by atoms with E-state index >= 15 is 0 Å². The van der Waals surface area contributed by atoms with Crippen LogP contribution in [0.4, 0.5) is 10.1 Å². The third-order valence-electron chi connectivity index (χ3n) is 5.79. The molecule has 1 aliphatic heterocycles. The van der Waals surface area contributed by atoms with Gasteiger partial charge in [0.15, 0.2) is 11.2 Å². The number of rotatable bonds is 7. The second-order valence-corrected chi connectivity index (χ2v) is 7.99. The Morgan fingerprint density at radius 1 is 1.27 bits per heavy atom. The first-order valence-corrected chi connectivity index (χ1v) is 10.7. The fraction of sp³-hybridized carbons (Fsp3) is 0.409. The third kappa shape index (κ3) is 4.18. The first-order valence-electron chi connectivity index (χ1n) is 10.7. The standard InChI is InChI=1S/C22H24FN5O5/c1-3-4-9-27-19-18(20(30)25-22(27)32)26(2)16(24-19)12-33-21(31)13-10-17(29)28(11-13)15-8-6-5-7-14(15)23/h5-8,13H,3-4,9-12H2,1-2H3,(H,25,30,32)/t13-/m0/s1. The number of aromatic amines is 1. The number of ether oxygens (including phenoxy) is 1. The Morgan fingerprint density at radius 2 is 2.03 bits per heavy atom. The number of carbonyl (C=O) groups excluding carboxylic acids is 2. The number of esters is 1. The normalized spacial score (nSPS) is 16.0. The first kappa shape index (κ1) is 22.4. The number of anilines is 1. The summed E-state index contributed by atoms with van der Waals surface area (Å²) in [5.74, 6) is -1.99. The van der Waals surface area contributed by atoms with Crippen LogP contribution in [0.1, 0.15) is 32.0 Å². The van der Waals surface area contributed by atoms with Crippen LogP contribution in [0.2, 0.25) is 0 Å². The molecule has 0 aliphatic carbocycles. The second-order valence-electron chi connectivity index (χ2n) is 7.99. The molecule has 3 heterocycles. The summed E-state index contributed by atoms with van der Waals surface area (Å²) in [5.41, 5.74) is -0.555. The number of hydrogen-bond acceptors (Lipinski definition) is 6. The van der Waals surface area contributed by atoms with Crippen LogP contribution in [0.25, 0.3) is 11.2 Å². The van der Waals surface area contributed by atoms with Gasteiger partial charge in [0.05, 0.1) is 11.6 Å². The summed E-state index contributed by atoms with van der Waals surface area (Å²) in [7, 11) is 1.60. The molecule has 174 valence electrons. The highest BCUT2D eigenvalue weighted by Gasteiger charge is 2.37. The molecule has 0 unspecified atom stereocenters. The number of nitrogens with zero attached hydrogens (tertiary/aromatic N) is 4. The lowest BCUT2D eigenvalue weighted by molar-refractivity contribution is -0.150. The van der Waals surface area contributed by atoms with E-state index in [9.17, 15) is 23.6 Å². The minimum atomic E-state index is -0.752. The summed E-state index contributed by atoms with van der Waals surface area (Å²) in [6.45, 7) is 2.15. The third-order valence-corrected chi connectivity index (χ3v) is 5.79. The van der Waals surface area contributed by atoms with E-state index in [1.807, 2.05) is 6.92 Å². The number of aryl methyl sites for hydroxylation is 2. The molecule has 1 aromatic carbocycles. The Bertz CT molecular complexity index is 1340. The van der Waals surface area contributed by atoms with Crippen molar-refractivity contribution in [2.45, 2.75) is 39.3 Å². The SMILES string of the molecule is CCCCn1c(=O)[nH]c(=O)c2c1nc(COC(=O)[C@H]1CC(=O)N(c3ccccc3F)C1)n2C. The number of amides is 1. The number of nitrogens with one attached hydrogen (secondary N) is 1. The minimum Gasteiger partial charge on any atom is -0.457 e. The Balaban J connectivity index is 1.51. The van der Waals surface area contributed by atoms with Gasteiger partial charge in [-0.1, -0.05) is 25.5 Å². The zero-order valence-electron chi connectivity index (χ0n) is 18.3. The summed E-state index contributed by atoms with van der Waals surface area (Å²) in [5, 5.41) is 0. The Morgan fingerprint density at radius 3 is 2.76 bits per heavy atom. The van der Waals surface area contributed by atoms with Crippen molar-refractivity contribution >= 4 is 28.7 Å². The van der Waals surface area contributed by atoms with Gasteiger partial charge in [-0.15, -0.1) is 0 Å². The van der Waals surface area contributed by atoms with Crippen LogP contribution in [-0.4, -0.2) is 37.5 Å². The molecule has 0 spiro atoms. The van der Waals surface area contributed by atoms with E-state index < -0.39 is 29.0 Å². The van der Waals surface area contributed by atoms with E-state index in [0.29, 0.717) is 6.54 Å². The maximum atomic E-state index is 14.1. The molecule has 0 radical (unpaired) electrons. The average molecular weight is 457 g/mol. The van der Waals surface area contributed by atoms with Crippen molar-refractivity contribution in [3.8, 4) is 0 Å². The van der Waals surface area contributed by atoms with Crippen LogP contribution in [0.15, 0.2) is 33.9 Å². The monoisotopic (exact) mass is 457 g/mol. The molecule has 1 aliphatic rings. The second kappa shape index (κ2) is 9.00. The van der Waals surface area contributed by atoms with Gasteiger partial charge >= 0.3 is 11.7 Å². The van der Waals surface area contributed by atoms with Crippen LogP contribution in [-0.2, 0) is 34.5 Å². The highest BCUT2D eigenvalue weighted by Crippen LogP contribution is 2.28. The maximum absolute atomic E-state index is 14.1. The molecule has 2 aromatic heterocycles. The van der Waals surface area contributed by atoms with E-state index in [-0.39, 0.29) is 48.2 Å². The number of para-hydroxylation sites is 1. The zero-order chi connectivity index (χ0) is 23.7. The van der Waals surface area contributed by atoms with Gasteiger partial charge in [-0.2, -0.15) is 0 Å². The van der Waals surface area contributed by atoms with Crippen LogP contribution < -0.4 is 16.1 Å². The fourth-order valence-corrected chi connectivity index (χ4v) is 3.97. The van der Waals surface area contributed by atoms with Gasteiger partial charge in [0.25, 0.3) is 5.56 Å². The van der Waals surface area contributed by atoms with E-state index in [4.69, 9.17) is 4.74 Å². The largest absolute Gasteiger partial charge is 0.457 e. The predicted octanol–water partition coefficient (Wildman–Crippen LogP) is 1.46. The maximum Gasteiger partial charge on any atom is 0.330 e. The molecule has 3 aromatic rings. The van der Waals surface area contributed by atoms with Gasteiger partial charge in [-0.25, -0.2) is 14.2 Å². The topological polar surface area (TPSA) is 119 Å². The Hall–Kier alpha value is -3.76. The summed E-state index contributed by atoms with van der Waals surface area (Å²) in [4.78, 5) is 57.4. The van der Waals surface area contributed by atoms with E-state index in [1.54, 1.807) is 13.1 Å². The lowest BCUT2D eigenvalue weighted by Gasteiger charge is -2.17. The zero-order valence-corrected chi connectivity index (χ0v) is 18.3. The number of halogens is 1. The minimum absolute atomic E-state index is 0.0113. The van der Waals surface area contributed by atoms with Gasteiger partial charge < -0.3 is 14.2 Å². The van der Waals surface area contributed by atoms with Crippen LogP contribution in [0.5, 0.6) is 0 Å². The summed E-state index contributed by atoms with van der Waals surface area (Å²) < 4.78 is 22.3. The number of carbonyl (C=O) groups is 2. The summed E-state index contributed by atoms with van der Waals surface area (Å²) in [6, 6.07) is 5.87. The molecule has 11 heteroatoms. The number of benzene rings is 1. The van der Waals surface area contributed by atoms with Crippen LogP contribution in [0, 0.1) is 11.7 Å². The van der Waals surface area contributed by atoms with E-state index in [1.165, 1.54) is 32.2 Å². The molecule has 4 rings (SSSR count). The Labute approximate surface area is 187 Å². The number of hydrogen-bond donors (Lipinski definition) is 1. The molecule has 1 fully saturated rings. The molecule has 1 N–H and O–H groups in total. The quantitative estimate of drug-likeness (QED) is 0.537. The van der Waals surface area contributed by atoms with Crippen molar-refractivity contribution in [3.05, 3.63) is 56.7 Å². The fourth-order valence-electron chi connectivity index (χ4n) is 3.97. The molecule has 0 bridgehead atoms. The molecule has 0 saturated carbocycles. The van der Waals surface area contributed by atoms with Crippen molar-refractivity contribution in [2.24, 2.45) is 13.0 Å². The summed E-state index contributed by atoms with van der Waals surface area (Å²) >= 11 is 0. The van der Waals surface area contributed by atoms with Crippen molar-refractivity contribution in [2.75, 3.05) is 11.4 Å². The lowest BCUT2D eigenvalue weighted by atomic mass is 10.1. The molecule has 1 atom stereocenters. The average Bonchev–Trinajstić information content (AvgIpc) is 3.32. The number of aromatic nitrogens is 4. The molecular formula is C22H24FN5O5. The smallest absolute Gasteiger partial charge is 0.330 e. The van der Waals surface area contributed by atoms with E-state index in [2.05, 4.69) is 9.97 Å². The van der Waals surface area contributed by atoms with Crippen molar-refractivity contribution < 1.29 is 18.7 Å². The number of imidazole rings is 1. The van der Waals surface area contributed by atoms with Crippen molar-refractivity contribution in [1.29, 1.82) is 0 Å². The predicted molar refractivity (Wildman–Crippen MR) is 117 cm³/mol. The molecule has 1 saturated heterocycles. The molecular weight excluding hydrogens is 433 g/mol. The Kier molecular flexibility index (Phi) is 6.12. The van der Waals surface area contributed by atoms with E-state index in [0.717, 1.165) is 12.8 Å². The van der Waals surface area contributed by atoms with Gasteiger partial charge in [-0.3, -0.25) is 23.9 Å². The molecule has 1 amide bonds. The van der Waals surface area contributed by atoms with Gasteiger partial charge in [0, 0.05) is 26.6 Å². The van der Waals surface area contributed by atoms with Crippen molar-refractivity contribution in [1.82, 2.24) is 19.1 Å². The van der Waals surface area contributed by atoms with Crippen LogP contribution >= 0.6 is 0 Å². The highest BCUT2D eigenvalue weighted by molar-refractivity contribution is 5.99. The van der Waals surface area contributed by atoms with Crippen LogP contribution in [0.3, 0.4) is 0 Å². The first-order chi connectivity index (χ1) is 15.8. The van der Waals surface area contributed by atoms with Gasteiger partial charge in [-0.05, 0) is 18.6 Å². The van der Waals surface area contributed by atoms with Gasteiger partial charge in [0.1, 0.15) is 18.2 Å². The number of unbranched alkanes of at least 4 members (excludes halogenated alkanes) is 1. The molecule has 10 nitrogen and oxygen atoms in total. The lowest BCUT2D eigenvalue weighted by Crippen LogP contribution is -2.31. The van der Waals surface area contributed by atoms with Gasteiger partial charge in [0.2, 0.25) is 5.91 Å². The van der Waals surface area contributed by atoms with Crippen molar-refractivity contribution in [3.63, 3.8) is 0 Å². The number of H-pyrrole nitrogens is 1.